The minimum absolute atomic E-state index is 0.626. The van der Waals surface area contributed by atoms with Gasteiger partial charge in [-0.25, -0.2) is 0 Å². The Labute approximate surface area is 238 Å². The molecule has 5 rings (SSSR count). The van der Waals surface area contributed by atoms with Crippen LogP contribution in [0.1, 0.15) is 70.3 Å². The molecular formula is C34H51N3OSi. The second kappa shape index (κ2) is 11.4. The van der Waals surface area contributed by atoms with Crippen LogP contribution in [0.15, 0.2) is 42.5 Å². The van der Waals surface area contributed by atoms with Crippen molar-refractivity contribution in [3.8, 4) is 0 Å². The van der Waals surface area contributed by atoms with Crippen LogP contribution in [-0.2, 0) is 24.0 Å². The number of ether oxygens (including phenoxy) is 1. The Hall–Kier alpha value is -2.08. The van der Waals surface area contributed by atoms with E-state index in [2.05, 4.69) is 112 Å². The van der Waals surface area contributed by atoms with Gasteiger partial charge in [0.1, 0.15) is 0 Å². The summed E-state index contributed by atoms with van der Waals surface area (Å²) in [6.45, 7) is 18.7. The van der Waals surface area contributed by atoms with Crippen molar-refractivity contribution in [2.45, 2.75) is 89.9 Å². The van der Waals surface area contributed by atoms with Gasteiger partial charge in [-0.1, -0.05) is 59.7 Å². The zero-order valence-electron chi connectivity index (χ0n) is 25.8. The highest BCUT2D eigenvalue weighted by Gasteiger charge is 2.48. The van der Waals surface area contributed by atoms with Crippen LogP contribution in [0.5, 0.6) is 0 Å². The molecule has 5 heteroatoms. The van der Waals surface area contributed by atoms with Gasteiger partial charge in [0, 0.05) is 41.4 Å². The maximum Gasteiger partial charge on any atom is 0.169 e. The van der Waals surface area contributed by atoms with Gasteiger partial charge in [-0.2, -0.15) is 0 Å². The lowest BCUT2D eigenvalue weighted by Crippen LogP contribution is -2.53. The molecule has 3 aromatic rings. The van der Waals surface area contributed by atoms with E-state index in [1.54, 1.807) is 11.3 Å². The van der Waals surface area contributed by atoms with Crippen molar-refractivity contribution in [2.75, 3.05) is 45.3 Å². The zero-order valence-corrected chi connectivity index (χ0v) is 26.8. The summed E-state index contributed by atoms with van der Waals surface area (Å²) >= 11 is 0. The van der Waals surface area contributed by atoms with Crippen molar-refractivity contribution in [1.29, 1.82) is 0 Å². The highest BCUT2D eigenvalue weighted by molar-refractivity contribution is 6.82. The topological polar surface area (TPSA) is 20.6 Å². The molecule has 2 aliphatic rings. The number of hydrogen-bond donors (Lipinski definition) is 0. The minimum atomic E-state index is -1.87. The average molecular weight is 546 g/mol. The lowest BCUT2D eigenvalue weighted by Gasteiger charge is -2.46. The number of rotatable bonds is 8. The van der Waals surface area contributed by atoms with E-state index in [-0.39, 0.29) is 0 Å². The molecule has 0 N–H and O–H groups in total. The molecule has 212 valence electrons. The lowest BCUT2D eigenvalue weighted by atomic mass is 9.90. The van der Waals surface area contributed by atoms with E-state index in [1.165, 1.54) is 47.0 Å². The number of likely N-dealkylation sites (N-methyl/N-ethyl adjacent to an activating group) is 1. The number of anilines is 1. The number of nitrogens with zero attached hydrogens (tertiary/aromatic N) is 3. The molecule has 0 radical (unpaired) electrons. The summed E-state index contributed by atoms with van der Waals surface area (Å²) in [7, 11) is 2.65. The van der Waals surface area contributed by atoms with Crippen LogP contribution in [0.2, 0.25) is 16.6 Å². The predicted octanol–water partition coefficient (Wildman–Crippen LogP) is 7.51. The fourth-order valence-corrected chi connectivity index (χ4v) is 15.1. The van der Waals surface area contributed by atoms with Crippen molar-refractivity contribution < 1.29 is 4.74 Å². The molecule has 1 fully saturated rings. The van der Waals surface area contributed by atoms with Crippen molar-refractivity contribution >= 4 is 24.8 Å². The summed E-state index contributed by atoms with van der Waals surface area (Å²) < 4.78 is 8.51. The maximum atomic E-state index is 5.54. The van der Waals surface area contributed by atoms with E-state index in [0.29, 0.717) is 22.7 Å². The van der Waals surface area contributed by atoms with Crippen LogP contribution in [0.3, 0.4) is 0 Å². The SMILES string of the molecule is CC(C)[Si](C(C)C)(C(C)C)n1c2c(c3cc(Cc4ccc(N5CCOCC5)cc4)ccc31)CC(N(C)C)CC2. The van der Waals surface area contributed by atoms with Crippen LogP contribution < -0.4 is 4.90 Å². The summed E-state index contributed by atoms with van der Waals surface area (Å²) in [6.07, 6.45) is 4.61. The lowest BCUT2D eigenvalue weighted by molar-refractivity contribution is 0.122. The molecule has 1 aliphatic carbocycles. The molecule has 0 amide bonds. The van der Waals surface area contributed by atoms with E-state index in [4.69, 9.17) is 4.74 Å². The van der Waals surface area contributed by atoms with Crippen LogP contribution in [-0.4, -0.2) is 63.8 Å². The fraction of sp³-hybridized carbons (Fsp3) is 0.588. The summed E-state index contributed by atoms with van der Waals surface area (Å²) in [6, 6.07) is 17.3. The summed E-state index contributed by atoms with van der Waals surface area (Å²) in [5.41, 5.74) is 11.0. The number of benzene rings is 2. The molecule has 0 spiro atoms. The molecular weight excluding hydrogens is 494 g/mol. The van der Waals surface area contributed by atoms with E-state index in [1.807, 2.05) is 0 Å². The van der Waals surface area contributed by atoms with Gasteiger partial charge in [0.15, 0.2) is 8.24 Å². The first-order valence-corrected chi connectivity index (χ1v) is 17.6. The van der Waals surface area contributed by atoms with Gasteiger partial charge in [-0.05, 0) is 97.4 Å². The third-order valence-corrected chi connectivity index (χ3v) is 16.8. The van der Waals surface area contributed by atoms with E-state index in [9.17, 15) is 0 Å². The van der Waals surface area contributed by atoms with Crippen molar-refractivity contribution in [3.05, 3.63) is 64.8 Å². The zero-order chi connectivity index (χ0) is 27.9. The molecule has 0 saturated carbocycles. The average Bonchev–Trinajstić information content (AvgIpc) is 3.22. The van der Waals surface area contributed by atoms with E-state index >= 15 is 0 Å². The molecule has 1 saturated heterocycles. The molecule has 39 heavy (non-hydrogen) atoms. The second-order valence-corrected chi connectivity index (χ2v) is 19.0. The highest BCUT2D eigenvalue weighted by Crippen LogP contribution is 2.47. The minimum Gasteiger partial charge on any atom is -0.378 e. The Balaban J connectivity index is 1.57. The maximum absolute atomic E-state index is 5.54. The molecule has 4 nitrogen and oxygen atoms in total. The Morgan fingerprint density at radius 3 is 2.08 bits per heavy atom. The van der Waals surface area contributed by atoms with Crippen molar-refractivity contribution in [3.63, 3.8) is 0 Å². The Bertz CT molecular complexity index is 1250. The largest absolute Gasteiger partial charge is 0.378 e. The van der Waals surface area contributed by atoms with Crippen LogP contribution in [0.25, 0.3) is 10.9 Å². The third-order valence-electron chi connectivity index (χ3n) is 10.0. The van der Waals surface area contributed by atoms with E-state index in [0.717, 1.165) is 32.7 Å². The molecule has 2 heterocycles. The van der Waals surface area contributed by atoms with Gasteiger partial charge in [-0.3, -0.25) is 0 Å². The Kier molecular flexibility index (Phi) is 8.33. The number of morpholine rings is 1. The number of hydrogen-bond acceptors (Lipinski definition) is 3. The highest BCUT2D eigenvalue weighted by atomic mass is 28.3. The van der Waals surface area contributed by atoms with Gasteiger partial charge in [0.25, 0.3) is 0 Å². The molecule has 2 aromatic carbocycles. The summed E-state index contributed by atoms with van der Waals surface area (Å²) in [5, 5.41) is 1.53. The van der Waals surface area contributed by atoms with E-state index < -0.39 is 8.24 Å². The van der Waals surface area contributed by atoms with Crippen LogP contribution in [0, 0.1) is 0 Å². The smallest absolute Gasteiger partial charge is 0.169 e. The quantitative estimate of drug-likeness (QED) is 0.273. The molecule has 1 atom stereocenters. The van der Waals surface area contributed by atoms with Crippen molar-refractivity contribution in [1.82, 2.24) is 9.13 Å². The van der Waals surface area contributed by atoms with Crippen LogP contribution in [0.4, 0.5) is 5.69 Å². The van der Waals surface area contributed by atoms with Gasteiger partial charge in [0.05, 0.1) is 13.2 Å². The fourth-order valence-electron chi connectivity index (χ4n) is 8.24. The van der Waals surface area contributed by atoms with Gasteiger partial charge in [0.2, 0.25) is 0 Å². The van der Waals surface area contributed by atoms with Gasteiger partial charge in [-0.15, -0.1) is 0 Å². The first kappa shape index (κ1) is 28.4. The standard InChI is InChI=1S/C34H51N3OSi/c1-24(2)39(25(3)4,26(5)6)37-33-15-11-28(22-31(33)32-23-30(35(7)8)14-16-34(32)37)21-27-9-12-29(13-10-27)36-17-19-38-20-18-36/h9-13,15,22,24-26,30H,14,16-21,23H2,1-8H3. The Morgan fingerprint density at radius 1 is 0.872 bits per heavy atom. The van der Waals surface area contributed by atoms with Gasteiger partial charge < -0.3 is 18.8 Å². The monoisotopic (exact) mass is 545 g/mol. The molecule has 1 aliphatic heterocycles. The third kappa shape index (κ3) is 5.11. The summed E-state index contributed by atoms with van der Waals surface area (Å²) in [4.78, 5) is 4.88. The molecule has 1 aromatic heterocycles. The second-order valence-electron chi connectivity index (χ2n) is 13.3. The van der Waals surface area contributed by atoms with Crippen LogP contribution >= 0.6 is 0 Å². The first-order chi connectivity index (χ1) is 18.6. The number of aromatic nitrogens is 1. The van der Waals surface area contributed by atoms with Crippen molar-refractivity contribution in [2.24, 2.45) is 0 Å². The molecule has 1 unspecified atom stereocenters. The van der Waals surface area contributed by atoms with Gasteiger partial charge >= 0.3 is 0 Å². The number of fused-ring (bicyclic) bond motifs is 3. The Morgan fingerprint density at radius 2 is 1.49 bits per heavy atom. The predicted molar refractivity (Wildman–Crippen MR) is 170 cm³/mol. The molecule has 0 bridgehead atoms. The summed E-state index contributed by atoms with van der Waals surface area (Å²) in [5.74, 6) is 0. The normalized spacial score (nSPS) is 18.7. The first-order valence-electron chi connectivity index (χ1n) is 15.4.